The van der Waals surface area contributed by atoms with Crippen molar-refractivity contribution < 1.29 is 8.42 Å². The van der Waals surface area contributed by atoms with Gasteiger partial charge in [0.15, 0.2) is 0 Å². The summed E-state index contributed by atoms with van der Waals surface area (Å²) in [7, 11) is -3.43. The molecular formula is C8H11BrClNO2S2. The third kappa shape index (κ3) is 3.42. The predicted octanol–water partition coefficient (Wildman–Crippen LogP) is 2.81. The highest BCUT2D eigenvalue weighted by Crippen LogP contribution is 2.27. The topological polar surface area (TPSA) is 46.2 Å². The fourth-order valence-corrected chi connectivity index (χ4v) is 5.03. The Morgan fingerprint density at radius 2 is 2.33 bits per heavy atom. The van der Waals surface area contributed by atoms with E-state index in [0.717, 1.165) is 0 Å². The molecule has 1 heterocycles. The van der Waals surface area contributed by atoms with Gasteiger partial charge in [-0.25, -0.2) is 13.1 Å². The number of rotatable bonds is 5. The van der Waals surface area contributed by atoms with E-state index in [0.29, 0.717) is 15.1 Å². The maximum Gasteiger partial charge on any atom is 0.251 e. The van der Waals surface area contributed by atoms with Gasteiger partial charge in [0.05, 0.1) is 0 Å². The Kier molecular flexibility index (Phi) is 5.05. The monoisotopic (exact) mass is 331 g/mol. The first-order valence-corrected chi connectivity index (χ1v) is 8.01. The lowest BCUT2D eigenvalue weighted by molar-refractivity contribution is 0.559. The second-order valence-corrected chi connectivity index (χ2v) is 6.93. The van der Waals surface area contributed by atoms with Gasteiger partial charge >= 0.3 is 0 Å². The lowest BCUT2D eigenvalue weighted by atomic mass is 10.3. The summed E-state index contributed by atoms with van der Waals surface area (Å²) < 4.78 is 27.1. The SMILES string of the molecule is CCC(CCl)NS(=O)(=O)c1sccc1Br. The van der Waals surface area contributed by atoms with Gasteiger partial charge in [0.2, 0.25) is 0 Å². The van der Waals surface area contributed by atoms with Crippen LogP contribution >= 0.6 is 38.9 Å². The molecule has 0 aromatic carbocycles. The third-order valence-corrected chi connectivity index (χ3v) is 6.39. The maximum atomic E-state index is 11.9. The van der Waals surface area contributed by atoms with Crippen molar-refractivity contribution in [2.45, 2.75) is 23.6 Å². The molecule has 15 heavy (non-hydrogen) atoms. The lowest BCUT2D eigenvalue weighted by Gasteiger charge is -2.13. The molecule has 1 unspecified atom stereocenters. The van der Waals surface area contributed by atoms with Gasteiger partial charge < -0.3 is 0 Å². The average molecular weight is 333 g/mol. The van der Waals surface area contributed by atoms with Gasteiger partial charge in [-0.1, -0.05) is 6.92 Å². The number of nitrogens with one attached hydrogen (secondary N) is 1. The van der Waals surface area contributed by atoms with Gasteiger partial charge in [0.1, 0.15) is 4.21 Å². The Morgan fingerprint density at radius 3 is 2.73 bits per heavy atom. The van der Waals surface area contributed by atoms with Gasteiger partial charge in [-0.15, -0.1) is 22.9 Å². The first-order valence-electron chi connectivity index (χ1n) is 4.32. The van der Waals surface area contributed by atoms with Crippen molar-refractivity contribution in [1.29, 1.82) is 0 Å². The van der Waals surface area contributed by atoms with Crippen LogP contribution in [0.4, 0.5) is 0 Å². The van der Waals surface area contributed by atoms with E-state index in [1.165, 1.54) is 11.3 Å². The van der Waals surface area contributed by atoms with Crippen molar-refractivity contribution in [2.24, 2.45) is 0 Å². The van der Waals surface area contributed by atoms with Crippen molar-refractivity contribution in [2.75, 3.05) is 5.88 Å². The summed E-state index contributed by atoms with van der Waals surface area (Å²) in [5.41, 5.74) is 0. The van der Waals surface area contributed by atoms with Crippen LogP contribution in [-0.2, 0) is 10.0 Å². The Balaban J connectivity index is 2.90. The standard InChI is InChI=1S/C8H11BrClNO2S2/c1-2-6(5-10)11-15(12,13)8-7(9)3-4-14-8/h3-4,6,11H,2,5H2,1H3. The molecule has 0 aliphatic carbocycles. The number of alkyl halides is 1. The van der Waals surface area contributed by atoms with Crippen LogP contribution < -0.4 is 4.72 Å². The van der Waals surface area contributed by atoms with E-state index in [9.17, 15) is 8.42 Å². The van der Waals surface area contributed by atoms with Gasteiger partial charge in [-0.2, -0.15) is 0 Å². The van der Waals surface area contributed by atoms with Crippen molar-refractivity contribution in [3.05, 3.63) is 15.9 Å². The minimum absolute atomic E-state index is 0.217. The van der Waals surface area contributed by atoms with Gasteiger partial charge in [-0.05, 0) is 33.8 Å². The van der Waals surface area contributed by atoms with Gasteiger partial charge in [0.25, 0.3) is 10.0 Å². The van der Waals surface area contributed by atoms with Crippen molar-refractivity contribution in [1.82, 2.24) is 4.72 Å². The molecular weight excluding hydrogens is 322 g/mol. The molecule has 0 fully saturated rings. The van der Waals surface area contributed by atoms with Crippen molar-refractivity contribution in [3.8, 4) is 0 Å². The molecule has 1 N–H and O–H groups in total. The fraction of sp³-hybridized carbons (Fsp3) is 0.500. The average Bonchev–Trinajstić information content (AvgIpc) is 2.61. The minimum atomic E-state index is -3.43. The molecule has 86 valence electrons. The lowest BCUT2D eigenvalue weighted by Crippen LogP contribution is -2.35. The smallest absolute Gasteiger partial charge is 0.206 e. The second-order valence-electron chi connectivity index (χ2n) is 2.94. The summed E-state index contributed by atoms with van der Waals surface area (Å²) in [5.74, 6) is 0.277. The molecule has 0 aliphatic rings. The van der Waals surface area contributed by atoms with E-state index in [1.807, 2.05) is 6.92 Å². The molecule has 1 atom stereocenters. The van der Waals surface area contributed by atoms with E-state index < -0.39 is 10.0 Å². The Hall–Kier alpha value is 0.380. The van der Waals surface area contributed by atoms with Crippen LogP contribution in [-0.4, -0.2) is 20.3 Å². The van der Waals surface area contributed by atoms with Crippen LogP contribution in [0.3, 0.4) is 0 Å². The Labute approximate surface area is 107 Å². The number of hydrogen-bond donors (Lipinski definition) is 1. The largest absolute Gasteiger partial charge is 0.251 e. The zero-order chi connectivity index (χ0) is 11.5. The van der Waals surface area contributed by atoms with Gasteiger partial charge in [-0.3, -0.25) is 0 Å². The van der Waals surface area contributed by atoms with Crippen LogP contribution in [0.2, 0.25) is 0 Å². The molecule has 7 heteroatoms. The van der Waals surface area contributed by atoms with Crippen LogP contribution in [0, 0.1) is 0 Å². The summed E-state index contributed by atoms with van der Waals surface area (Å²) in [6.45, 7) is 1.89. The molecule has 0 aliphatic heterocycles. The van der Waals surface area contributed by atoms with E-state index in [1.54, 1.807) is 11.4 Å². The Morgan fingerprint density at radius 1 is 1.67 bits per heavy atom. The molecule has 1 aromatic rings. The number of hydrogen-bond acceptors (Lipinski definition) is 3. The molecule has 0 radical (unpaired) electrons. The normalized spacial score (nSPS) is 14.1. The number of halogens is 2. The van der Waals surface area contributed by atoms with E-state index >= 15 is 0 Å². The molecule has 0 saturated carbocycles. The quantitative estimate of drug-likeness (QED) is 0.843. The van der Waals surface area contributed by atoms with Crippen LogP contribution in [0.25, 0.3) is 0 Å². The zero-order valence-corrected chi connectivity index (χ0v) is 12.0. The molecule has 0 amide bonds. The fourth-order valence-electron chi connectivity index (χ4n) is 0.968. The highest BCUT2D eigenvalue weighted by Gasteiger charge is 2.22. The number of thiophene rings is 1. The molecule has 0 spiro atoms. The van der Waals surface area contributed by atoms with E-state index in [2.05, 4.69) is 20.7 Å². The van der Waals surface area contributed by atoms with Gasteiger partial charge in [0, 0.05) is 16.4 Å². The predicted molar refractivity (Wildman–Crippen MR) is 67.1 cm³/mol. The molecule has 0 saturated heterocycles. The Bertz CT molecular complexity index is 414. The summed E-state index contributed by atoms with van der Waals surface area (Å²) in [4.78, 5) is 0. The first kappa shape index (κ1) is 13.4. The first-order chi connectivity index (χ1) is 7.01. The van der Waals surface area contributed by atoms with E-state index in [-0.39, 0.29) is 11.9 Å². The highest BCUT2D eigenvalue weighted by molar-refractivity contribution is 9.10. The summed E-state index contributed by atoms with van der Waals surface area (Å²) >= 11 is 10.0. The zero-order valence-electron chi connectivity index (χ0n) is 8.04. The van der Waals surface area contributed by atoms with E-state index in [4.69, 9.17) is 11.6 Å². The van der Waals surface area contributed by atoms with Crippen LogP contribution in [0.15, 0.2) is 20.1 Å². The van der Waals surface area contributed by atoms with Crippen LogP contribution in [0.1, 0.15) is 13.3 Å². The molecule has 1 rings (SSSR count). The third-order valence-electron chi connectivity index (χ3n) is 1.83. The highest BCUT2D eigenvalue weighted by atomic mass is 79.9. The summed E-state index contributed by atoms with van der Waals surface area (Å²) in [6.07, 6.45) is 0.672. The summed E-state index contributed by atoms with van der Waals surface area (Å²) in [5, 5.41) is 1.72. The maximum absolute atomic E-state index is 11.9. The molecule has 0 bridgehead atoms. The molecule has 3 nitrogen and oxygen atoms in total. The van der Waals surface area contributed by atoms with Crippen molar-refractivity contribution in [3.63, 3.8) is 0 Å². The van der Waals surface area contributed by atoms with Crippen LogP contribution in [0.5, 0.6) is 0 Å². The molecule has 1 aromatic heterocycles. The minimum Gasteiger partial charge on any atom is -0.206 e. The van der Waals surface area contributed by atoms with Crippen molar-refractivity contribution >= 4 is 48.9 Å². The second kappa shape index (κ2) is 5.63. The summed E-state index contributed by atoms with van der Waals surface area (Å²) in [6, 6.07) is 1.49. The number of sulfonamides is 1.